The number of aryl methyl sites for hydroxylation is 1. The highest BCUT2D eigenvalue weighted by Crippen LogP contribution is 2.17. The number of pyridine rings is 1. The summed E-state index contributed by atoms with van der Waals surface area (Å²) in [7, 11) is 0. The van der Waals surface area contributed by atoms with Gasteiger partial charge in [-0.15, -0.1) is 0 Å². The zero-order chi connectivity index (χ0) is 14.7. The molecular weight excluding hydrogens is 276 g/mol. The van der Waals surface area contributed by atoms with E-state index in [0.717, 1.165) is 5.69 Å². The van der Waals surface area contributed by atoms with E-state index in [2.05, 4.69) is 20.3 Å². The minimum absolute atomic E-state index is 0.125. The van der Waals surface area contributed by atoms with Gasteiger partial charge in [0.15, 0.2) is 5.69 Å². The van der Waals surface area contributed by atoms with Crippen molar-refractivity contribution < 1.29 is 4.79 Å². The maximum atomic E-state index is 12.2. The number of hydrogen-bond donors (Lipinski definition) is 1. The Morgan fingerprint density at radius 2 is 2.00 bits per heavy atom. The molecule has 2 aromatic heterocycles. The lowest BCUT2D eigenvalue weighted by molar-refractivity contribution is 0.102. The number of carbonyl (C=O) groups excluding carboxylic acids is 1. The molecule has 1 amide bonds. The number of rotatable bonds is 3. The molecule has 5 nitrogen and oxygen atoms in total. The quantitative estimate of drug-likeness (QED) is 0.942. The summed E-state index contributed by atoms with van der Waals surface area (Å²) in [5.41, 5.74) is 1.65. The van der Waals surface area contributed by atoms with Gasteiger partial charge in [0.05, 0.1) is 23.1 Å². The molecule has 0 aromatic carbocycles. The number of hydrogen-bond acceptors (Lipinski definition) is 4. The number of carbonyl (C=O) groups is 1. The highest BCUT2D eigenvalue weighted by Gasteiger charge is 2.15. The first kappa shape index (κ1) is 14.4. The number of amides is 1. The lowest BCUT2D eigenvalue weighted by Gasteiger charge is -2.09. The molecule has 104 valence electrons. The van der Waals surface area contributed by atoms with Crippen LogP contribution in [0.4, 0.5) is 5.69 Å². The molecule has 20 heavy (non-hydrogen) atoms. The highest BCUT2D eigenvalue weighted by molar-refractivity contribution is 6.33. The monoisotopic (exact) mass is 290 g/mol. The Morgan fingerprint density at radius 1 is 1.25 bits per heavy atom. The highest BCUT2D eigenvalue weighted by atomic mass is 35.5. The van der Waals surface area contributed by atoms with Crippen LogP contribution in [0.2, 0.25) is 5.02 Å². The molecular formula is C14H15ClN4O. The number of anilines is 1. The Bertz CT molecular complexity index is 626. The molecule has 0 atom stereocenters. The maximum Gasteiger partial charge on any atom is 0.275 e. The molecule has 0 fully saturated rings. The van der Waals surface area contributed by atoms with E-state index in [9.17, 15) is 4.79 Å². The molecule has 2 aromatic rings. The van der Waals surface area contributed by atoms with E-state index in [0.29, 0.717) is 11.5 Å². The van der Waals surface area contributed by atoms with E-state index >= 15 is 0 Å². The Hall–Kier alpha value is -2.01. The summed E-state index contributed by atoms with van der Waals surface area (Å²) in [5, 5.41) is 2.94. The van der Waals surface area contributed by atoms with Gasteiger partial charge in [-0.3, -0.25) is 9.78 Å². The second kappa shape index (κ2) is 5.96. The van der Waals surface area contributed by atoms with Crippen molar-refractivity contribution in [2.24, 2.45) is 0 Å². The molecule has 2 rings (SSSR count). The molecule has 0 unspecified atom stereocenters. The summed E-state index contributed by atoms with van der Waals surface area (Å²) >= 11 is 5.99. The van der Waals surface area contributed by atoms with Gasteiger partial charge in [-0.05, 0) is 19.1 Å². The van der Waals surface area contributed by atoms with Crippen molar-refractivity contribution >= 4 is 23.2 Å². The molecule has 6 heteroatoms. The molecule has 0 aliphatic heterocycles. The average molecular weight is 291 g/mol. The van der Waals surface area contributed by atoms with Crippen LogP contribution in [0, 0.1) is 6.92 Å². The van der Waals surface area contributed by atoms with Crippen LogP contribution in [0.3, 0.4) is 0 Å². The Balaban J connectivity index is 2.24. The van der Waals surface area contributed by atoms with E-state index in [1.165, 1.54) is 6.20 Å². The van der Waals surface area contributed by atoms with Crippen LogP contribution in [0.15, 0.2) is 24.5 Å². The van der Waals surface area contributed by atoms with Gasteiger partial charge in [-0.25, -0.2) is 9.97 Å². The average Bonchev–Trinajstić information content (AvgIpc) is 2.41. The number of aromatic nitrogens is 3. The topological polar surface area (TPSA) is 67.8 Å². The minimum atomic E-state index is -0.370. The van der Waals surface area contributed by atoms with Gasteiger partial charge in [0.2, 0.25) is 0 Å². The molecule has 0 saturated carbocycles. The van der Waals surface area contributed by atoms with Crippen molar-refractivity contribution in [3.63, 3.8) is 0 Å². The van der Waals surface area contributed by atoms with Gasteiger partial charge in [-0.1, -0.05) is 25.4 Å². The van der Waals surface area contributed by atoms with Crippen molar-refractivity contribution in [3.8, 4) is 0 Å². The van der Waals surface area contributed by atoms with Crippen LogP contribution in [0.25, 0.3) is 0 Å². The van der Waals surface area contributed by atoms with E-state index in [4.69, 9.17) is 11.6 Å². The van der Waals surface area contributed by atoms with Crippen LogP contribution in [-0.2, 0) is 0 Å². The maximum absolute atomic E-state index is 12.2. The predicted octanol–water partition coefficient (Wildman–Crippen LogP) is 3.21. The third-order valence-electron chi connectivity index (χ3n) is 2.66. The van der Waals surface area contributed by atoms with Crippen molar-refractivity contribution in [2.75, 3.05) is 5.32 Å². The van der Waals surface area contributed by atoms with Gasteiger partial charge in [0.25, 0.3) is 5.91 Å². The first-order valence-corrected chi connectivity index (χ1v) is 6.61. The van der Waals surface area contributed by atoms with Gasteiger partial charge in [-0.2, -0.15) is 0 Å². The van der Waals surface area contributed by atoms with E-state index in [-0.39, 0.29) is 22.5 Å². The Labute approximate surface area is 122 Å². The number of nitrogens with zero attached hydrogens (tertiary/aromatic N) is 3. The van der Waals surface area contributed by atoms with Gasteiger partial charge in [0.1, 0.15) is 5.82 Å². The summed E-state index contributed by atoms with van der Waals surface area (Å²) in [6.07, 6.45) is 3.04. The number of nitrogens with one attached hydrogen (secondary N) is 1. The summed E-state index contributed by atoms with van der Waals surface area (Å²) in [5.74, 6) is 0.339. The largest absolute Gasteiger partial charge is 0.319 e. The lowest BCUT2D eigenvalue weighted by Crippen LogP contribution is -2.16. The lowest BCUT2D eigenvalue weighted by atomic mass is 10.2. The normalized spacial score (nSPS) is 10.7. The summed E-state index contributed by atoms with van der Waals surface area (Å²) in [6, 6.07) is 3.59. The van der Waals surface area contributed by atoms with Crippen LogP contribution < -0.4 is 5.32 Å². The summed E-state index contributed by atoms with van der Waals surface area (Å²) in [4.78, 5) is 24.6. The van der Waals surface area contributed by atoms with Gasteiger partial charge < -0.3 is 5.32 Å². The van der Waals surface area contributed by atoms with Gasteiger partial charge in [0, 0.05) is 11.6 Å². The standard InChI is InChI=1S/C14H15ClN4O/c1-8(2)13-17-7-11(15)12(19-13)14(20)18-10-5-4-9(3)16-6-10/h4-8H,1-3H3,(H,18,20). The molecule has 1 N–H and O–H groups in total. The molecule has 0 aliphatic rings. The molecule has 0 saturated heterocycles. The van der Waals surface area contributed by atoms with E-state index in [1.807, 2.05) is 26.8 Å². The first-order chi connectivity index (χ1) is 9.47. The fraction of sp³-hybridized carbons (Fsp3) is 0.286. The Kier molecular flexibility index (Phi) is 4.29. The van der Waals surface area contributed by atoms with Crippen LogP contribution in [0.1, 0.15) is 41.8 Å². The molecule has 0 radical (unpaired) electrons. The van der Waals surface area contributed by atoms with E-state index in [1.54, 1.807) is 12.3 Å². The van der Waals surface area contributed by atoms with Crippen LogP contribution >= 0.6 is 11.6 Å². The van der Waals surface area contributed by atoms with Crippen LogP contribution in [-0.4, -0.2) is 20.9 Å². The van der Waals surface area contributed by atoms with Crippen molar-refractivity contribution in [1.29, 1.82) is 0 Å². The number of halogens is 1. The third kappa shape index (κ3) is 3.30. The Morgan fingerprint density at radius 3 is 2.60 bits per heavy atom. The second-order valence-corrected chi connectivity index (χ2v) is 5.13. The fourth-order valence-corrected chi connectivity index (χ4v) is 1.73. The molecule has 2 heterocycles. The zero-order valence-corrected chi connectivity index (χ0v) is 12.3. The predicted molar refractivity (Wildman–Crippen MR) is 78.1 cm³/mol. The zero-order valence-electron chi connectivity index (χ0n) is 11.5. The minimum Gasteiger partial charge on any atom is -0.319 e. The third-order valence-corrected chi connectivity index (χ3v) is 2.94. The fourth-order valence-electron chi connectivity index (χ4n) is 1.55. The molecule has 0 spiro atoms. The SMILES string of the molecule is Cc1ccc(NC(=O)c2nc(C(C)C)ncc2Cl)cn1. The van der Waals surface area contributed by atoms with Crippen molar-refractivity contribution in [2.45, 2.75) is 26.7 Å². The van der Waals surface area contributed by atoms with Gasteiger partial charge >= 0.3 is 0 Å². The molecule has 0 bridgehead atoms. The summed E-state index contributed by atoms with van der Waals surface area (Å²) < 4.78 is 0. The van der Waals surface area contributed by atoms with Crippen molar-refractivity contribution in [1.82, 2.24) is 15.0 Å². The van der Waals surface area contributed by atoms with Crippen molar-refractivity contribution in [3.05, 3.63) is 46.8 Å². The first-order valence-electron chi connectivity index (χ1n) is 6.24. The smallest absolute Gasteiger partial charge is 0.275 e. The molecule has 0 aliphatic carbocycles. The van der Waals surface area contributed by atoms with E-state index < -0.39 is 0 Å². The second-order valence-electron chi connectivity index (χ2n) is 4.72. The summed E-state index contributed by atoms with van der Waals surface area (Å²) in [6.45, 7) is 5.78. The van der Waals surface area contributed by atoms with Crippen LogP contribution in [0.5, 0.6) is 0 Å².